The topological polar surface area (TPSA) is 73.1 Å². The van der Waals surface area contributed by atoms with Crippen molar-refractivity contribution in [1.82, 2.24) is 9.97 Å². The van der Waals surface area contributed by atoms with E-state index >= 15 is 0 Å². The van der Waals surface area contributed by atoms with Gasteiger partial charge < -0.3 is 15.8 Å². The van der Waals surface area contributed by atoms with Gasteiger partial charge in [-0.1, -0.05) is 19.1 Å². The van der Waals surface area contributed by atoms with Gasteiger partial charge in [0.25, 0.3) is 0 Å². The molecule has 100 valence electrons. The van der Waals surface area contributed by atoms with Crippen molar-refractivity contribution < 1.29 is 4.74 Å². The van der Waals surface area contributed by atoms with Crippen LogP contribution in [0.3, 0.4) is 0 Å². The zero-order chi connectivity index (χ0) is 13.5. The van der Waals surface area contributed by atoms with E-state index in [4.69, 9.17) is 10.5 Å². The molecule has 5 heteroatoms. The average Bonchev–Trinajstić information content (AvgIpc) is 2.43. The van der Waals surface area contributed by atoms with Crippen LogP contribution in [0.1, 0.15) is 18.9 Å². The molecule has 0 saturated heterocycles. The molecule has 0 aliphatic rings. The van der Waals surface area contributed by atoms with Gasteiger partial charge in [-0.15, -0.1) is 0 Å². The molecule has 0 bridgehead atoms. The van der Waals surface area contributed by atoms with Crippen LogP contribution in [0.5, 0.6) is 5.88 Å². The van der Waals surface area contributed by atoms with Gasteiger partial charge >= 0.3 is 0 Å². The molecule has 0 spiro atoms. The Balaban J connectivity index is 1.95. The Morgan fingerprint density at radius 2 is 2.16 bits per heavy atom. The highest BCUT2D eigenvalue weighted by atomic mass is 16.5. The first kappa shape index (κ1) is 13.1. The number of nitrogens with one attached hydrogen (secondary N) is 1. The van der Waals surface area contributed by atoms with Gasteiger partial charge in [0.1, 0.15) is 12.1 Å². The van der Waals surface area contributed by atoms with Gasteiger partial charge in [0, 0.05) is 18.3 Å². The average molecular weight is 258 g/mol. The fourth-order valence-corrected chi connectivity index (χ4v) is 1.62. The van der Waals surface area contributed by atoms with Crippen LogP contribution < -0.4 is 15.8 Å². The lowest BCUT2D eigenvalue weighted by molar-refractivity contribution is 0.305. The van der Waals surface area contributed by atoms with Crippen LogP contribution in [0, 0.1) is 0 Å². The molecule has 0 fully saturated rings. The minimum absolute atomic E-state index is 0.590. The SMILES string of the molecule is CCCOc1cc(NCc2cccc(N)c2)ncn1. The van der Waals surface area contributed by atoms with Crippen molar-refractivity contribution in [3.8, 4) is 5.88 Å². The molecule has 19 heavy (non-hydrogen) atoms. The van der Waals surface area contributed by atoms with E-state index in [2.05, 4.69) is 22.2 Å². The molecule has 0 radical (unpaired) electrons. The lowest BCUT2D eigenvalue weighted by Crippen LogP contribution is -2.04. The van der Waals surface area contributed by atoms with E-state index in [1.54, 1.807) is 6.07 Å². The quantitative estimate of drug-likeness (QED) is 0.779. The van der Waals surface area contributed by atoms with Crippen molar-refractivity contribution >= 4 is 11.5 Å². The highest BCUT2D eigenvalue weighted by molar-refractivity contribution is 5.43. The highest BCUT2D eigenvalue weighted by Crippen LogP contribution is 2.13. The Morgan fingerprint density at radius 1 is 1.26 bits per heavy atom. The minimum Gasteiger partial charge on any atom is -0.478 e. The summed E-state index contributed by atoms with van der Waals surface area (Å²) in [6.45, 7) is 3.38. The van der Waals surface area contributed by atoms with Crippen molar-refractivity contribution in [2.24, 2.45) is 0 Å². The Bertz CT molecular complexity index is 530. The molecule has 1 aromatic carbocycles. The molecule has 2 aromatic rings. The summed E-state index contributed by atoms with van der Waals surface area (Å²) < 4.78 is 5.46. The Kier molecular flexibility index (Phi) is 4.55. The number of nitrogens with zero attached hydrogens (tertiary/aromatic N) is 2. The van der Waals surface area contributed by atoms with Gasteiger partial charge in [-0.3, -0.25) is 0 Å². The number of hydrogen-bond donors (Lipinski definition) is 2. The van der Waals surface area contributed by atoms with Crippen molar-refractivity contribution in [2.75, 3.05) is 17.7 Å². The smallest absolute Gasteiger partial charge is 0.218 e. The summed E-state index contributed by atoms with van der Waals surface area (Å²) in [6, 6.07) is 9.54. The van der Waals surface area contributed by atoms with E-state index < -0.39 is 0 Å². The number of nitrogen functional groups attached to an aromatic ring is 1. The first-order valence-electron chi connectivity index (χ1n) is 6.31. The van der Waals surface area contributed by atoms with Gasteiger partial charge in [-0.25, -0.2) is 9.97 Å². The van der Waals surface area contributed by atoms with Crippen molar-refractivity contribution in [1.29, 1.82) is 0 Å². The number of benzene rings is 1. The lowest BCUT2D eigenvalue weighted by Gasteiger charge is -2.08. The molecule has 3 N–H and O–H groups in total. The second-order valence-electron chi connectivity index (χ2n) is 4.19. The molecule has 5 nitrogen and oxygen atoms in total. The largest absolute Gasteiger partial charge is 0.478 e. The van der Waals surface area contributed by atoms with Crippen LogP contribution in [0.15, 0.2) is 36.7 Å². The van der Waals surface area contributed by atoms with E-state index in [1.807, 2.05) is 24.3 Å². The molecule has 0 aliphatic heterocycles. The maximum atomic E-state index is 5.73. The summed E-state index contributed by atoms with van der Waals surface area (Å²) in [5.74, 6) is 1.33. The summed E-state index contributed by atoms with van der Waals surface area (Å²) in [4.78, 5) is 8.20. The summed E-state index contributed by atoms with van der Waals surface area (Å²) >= 11 is 0. The number of rotatable bonds is 6. The number of anilines is 2. The third-order valence-electron chi connectivity index (χ3n) is 2.52. The van der Waals surface area contributed by atoms with Crippen LogP contribution >= 0.6 is 0 Å². The van der Waals surface area contributed by atoms with Gasteiger partial charge in [0.2, 0.25) is 5.88 Å². The van der Waals surface area contributed by atoms with Crippen LogP contribution in [0.25, 0.3) is 0 Å². The summed E-state index contributed by atoms with van der Waals surface area (Å²) in [7, 11) is 0. The van der Waals surface area contributed by atoms with Gasteiger partial charge in [-0.2, -0.15) is 0 Å². The monoisotopic (exact) mass is 258 g/mol. The van der Waals surface area contributed by atoms with Gasteiger partial charge in [-0.05, 0) is 24.1 Å². The summed E-state index contributed by atoms with van der Waals surface area (Å²) in [5.41, 5.74) is 7.60. The predicted molar refractivity (Wildman–Crippen MR) is 76.0 cm³/mol. The molecule has 2 rings (SSSR count). The summed E-state index contributed by atoms with van der Waals surface area (Å²) in [6.07, 6.45) is 2.45. The van der Waals surface area contributed by atoms with E-state index in [-0.39, 0.29) is 0 Å². The molecule has 0 saturated carbocycles. The highest BCUT2D eigenvalue weighted by Gasteiger charge is 2.00. The normalized spacial score (nSPS) is 10.2. The second kappa shape index (κ2) is 6.58. The predicted octanol–water partition coefficient (Wildman–Crippen LogP) is 2.46. The fraction of sp³-hybridized carbons (Fsp3) is 0.286. The molecular weight excluding hydrogens is 240 g/mol. The van der Waals surface area contributed by atoms with E-state index in [0.717, 1.165) is 23.5 Å². The third kappa shape index (κ3) is 4.13. The van der Waals surface area contributed by atoms with Crippen LogP contribution in [-0.4, -0.2) is 16.6 Å². The third-order valence-corrected chi connectivity index (χ3v) is 2.52. The maximum Gasteiger partial charge on any atom is 0.218 e. The van der Waals surface area contributed by atoms with Crippen LogP contribution in [0.2, 0.25) is 0 Å². The van der Waals surface area contributed by atoms with Crippen LogP contribution in [0.4, 0.5) is 11.5 Å². The Hall–Kier alpha value is -2.30. The second-order valence-corrected chi connectivity index (χ2v) is 4.19. The standard InChI is InChI=1S/C14H18N4O/c1-2-6-19-14-8-13(17-10-18-14)16-9-11-4-3-5-12(15)7-11/h3-5,7-8,10H,2,6,9,15H2,1H3,(H,16,17,18). The number of hydrogen-bond acceptors (Lipinski definition) is 5. The van der Waals surface area contributed by atoms with E-state index in [9.17, 15) is 0 Å². The maximum absolute atomic E-state index is 5.73. The molecule has 1 heterocycles. The van der Waals surface area contributed by atoms with Gasteiger partial charge in [0.05, 0.1) is 6.61 Å². The lowest BCUT2D eigenvalue weighted by atomic mass is 10.2. The van der Waals surface area contributed by atoms with Crippen molar-refractivity contribution in [3.63, 3.8) is 0 Å². The zero-order valence-electron chi connectivity index (χ0n) is 11.0. The van der Waals surface area contributed by atoms with E-state index in [1.165, 1.54) is 6.33 Å². The van der Waals surface area contributed by atoms with E-state index in [0.29, 0.717) is 19.0 Å². The molecule has 0 atom stereocenters. The number of ether oxygens (including phenoxy) is 1. The Labute approximate surface area is 112 Å². The molecule has 1 aromatic heterocycles. The molecule has 0 aliphatic carbocycles. The Morgan fingerprint density at radius 3 is 2.95 bits per heavy atom. The molecule has 0 amide bonds. The van der Waals surface area contributed by atoms with Crippen LogP contribution in [-0.2, 0) is 6.54 Å². The van der Waals surface area contributed by atoms with Gasteiger partial charge in [0.15, 0.2) is 0 Å². The summed E-state index contributed by atoms with van der Waals surface area (Å²) in [5, 5.41) is 3.22. The first-order valence-corrected chi connectivity index (χ1v) is 6.31. The number of nitrogens with two attached hydrogens (primary N) is 1. The first-order chi connectivity index (χ1) is 9.28. The zero-order valence-corrected chi connectivity index (χ0v) is 11.0. The molecular formula is C14H18N4O. The number of aromatic nitrogens is 2. The fourth-order valence-electron chi connectivity index (χ4n) is 1.62. The minimum atomic E-state index is 0.590. The molecule has 0 unspecified atom stereocenters. The van der Waals surface area contributed by atoms with Crippen molar-refractivity contribution in [2.45, 2.75) is 19.9 Å². The van der Waals surface area contributed by atoms with Crippen molar-refractivity contribution in [3.05, 3.63) is 42.2 Å².